The van der Waals surface area contributed by atoms with Gasteiger partial charge in [0.05, 0.1) is 11.6 Å². The van der Waals surface area contributed by atoms with E-state index in [-0.39, 0.29) is 11.6 Å². The summed E-state index contributed by atoms with van der Waals surface area (Å²) >= 11 is 0. The Bertz CT molecular complexity index is 396. The minimum Gasteiger partial charge on any atom is -0.270 e. The number of piperidine rings is 1. The molecule has 0 bridgehead atoms. The van der Waals surface area contributed by atoms with Crippen molar-refractivity contribution in [3.63, 3.8) is 0 Å². The van der Waals surface area contributed by atoms with E-state index >= 15 is 0 Å². The Hall–Kier alpha value is -0.760. The summed E-state index contributed by atoms with van der Waals surface area (Å²) < 4.78 is 0. The Labute approximate surface area is 124 Å². The van der Waals surface area contributed by atoms with Gasteiger partial charge in [-0.2, -0.15) is 0 Å². The third-order valence-corrected chi connectivity index (χ3v) is 5.41. The number of allylic oxidation sites excluding steroid dienone is 4. The van der Waals surface area contributed by atoms with Crippen LogP contribution in [0.5, 0.6) is 0 Å². The van der Waals surface area contributed by atoms with Crippen LogP contribution in [-0.4, -0.2) is 16.7 Å². The van der Waals surface area contributed by atoms with E-state index in [1.165, 1.54) is 12.1 Å². The summed E-state index contributed by atoms with van der Waals surface area (Å²) in [7, 11) is 0. The van der Waals surface area contributed by atoms with Gasteiger partial charge < -0.3 is 0 Å². The predicted molar refractivity (Wildman–Crippen MR) is 85.0 cm³/mol. The lowest BCUT2D eigenvalue weighted by Gasteiger charge is -2.56. The van der Waals surface area contributed by atoms with Gasteiger partial charge in [-0.3, -0.25) is 9.90 Å². The molecule has 0 aromatic carbocycles. The third-order valence-electron chi connectivity index (χ3n) is 5.41. The molecule has 0 spiro atoms. The molecule has 0 N–H and O–H groups in total. The van der Waals surface area contributed by atoms with Gasteiger partial charge in [-0.1, -0.05) is 39.3 Å². The number of fused-ring (bicyclic) bond motifs is 1. The molecule has 1 aliphatic carbocycles. The highest BCUT2D eigenvalue weighted by atomic mass is 16.7. The highest BCUT2D eigenvalue weighted by Crippen LogP contribution is 2.49. The van der Waals surface area contributed by atoms with Gasteiger partial charge in [0, 0.05) is 11.6 Å². The first-order valence-corrected chi connectivity index (χ1v) is 8.27. The maximum Gasteiger partial charge on any atom is 0.0826 e. The number of hydrogen-bond donors (Lipinski definition) is 0. The maximum absolute atomic E-state index is 6.34. The largest absolute Gasteiger partial charge is 0.270 e. The molecular weight excluding hydrogens is 246 g/mol. The van der Waals surface area contributed by atoms with Gasteiger partial charge in [-0.15, -0.1) is 0 Å². The van der Waals surface area contributed by atoms with Crippen LogP contribution in [0.25, 0.3) is 0 Å². The van der Waals surface area contributed by atoms with Crippen LogP contribution in [0, 0.1) is 17.8 Å². The van der Waals surface area contributed by atoms with Gasteiger partial charge in [0.25, 0.3) is 0 Å². The summed E-state index contributed by atoms with van der Waals surface area (Å²) in [5.41, 5.74) is 1.44. The van der Waals surface area contributed by atoms with Crippen molar-refractivity contribution in [2.45, 2.75) is 72.4 Å². The zero-order chi connectivity index (χ0) is 14.9. The van der Waals surface area contributed by atoms with E-state index in [9.17, 15) is 0 Å². The molecule has 0 radical (unpaired) electrons. The summed E-state index contributed by atoms with van der Waals surface area (Å²) in [5.74, 6) is 1.99. The summed E-state index contributed by atoms with van der Waals surface area (Å²) in [5, 5.41) is 2.25. The van der Waals surface area contributed by atoms with E-state index in [2.05, 4.69) is 64.8 Å². The maximum atomic E-state index is 6.34. The monoisotopic (exact) mass is 277 g/mol. The van der Waals surface area contributed by atoms with E-state index < -0.39 is 0 Å². The molecule has 2 heteroatoms. The van der Waals surface area contributed by atoms with E-state index in [0.29, 0.717) is 17.8 Å². The minimum atomic E-state index is 0.0606. The van der Waals surface area contributed by atoms with Gasteiger partial charge in [-0.25, -0.2) is 0 Å². The fourth-order valence-electron chi connectivity index (χ4n) is 4.07. The number of hydroxylamine groups is 2. The molecule has 114 valence electrons. The van der Waals surface area contributed by atoms with Crippen molar-refractivity contribution in [2.24, 2.45) is 17.8 Å². The molecule has 4 unspecified atom stereocenters. The third kappa shape index (κ3) is 2.55. The molecule has 0 aromatic rings. The highest BCUT2D eigenvalue weighted by Gasteiger charge is 2.49. The van der Waals surface area contributed by atoms with Gasteiger partial charge in [-0.05, 0) is 51.5 Å². The van der Waals surface area contributed by atoms with Crippen molar-refractivity contribution in [3.05, 3.63) is 23.9 Å². The molecule has 0 aromatic heterocycles. The topological polar surface area (TPSA) is 12.5 Å². The van der Waals surface area contributed by atoms with Crippen LogP contribution in [0.15, 0.2) is 23.9 Å². The van der Waals surface area contributed by atoms with Crippen molar-refractivity contribution < 1.29 is 4.84 Å². The average molecular weight is 277 g/mol. The Morgan fingerprint density at radius 1 is 1.40 bits per heavy atom. The molecule has 1 fully saturated rings. The van der Waals surface area contributed by atoms with Crippen LogP contribution in [0.1, 0.15) is 60.8 Å². The molecule has 1 heterocycles. The lowest BCUT2D eigenvalue weighted by Crippen LogP contribution is -2.58. The second kappa shape index (κ2) is 5.93. The molecular formula is C18H31NO. The van der Waals surface area contributed by atoms with Gasteiger partial charge in [0.2, 0.25) is 0 Å². The molecule has 2 aliphatic rings. The van der Waals surface area contributed by atoms with E-state index in [4.69, 9.17) is 4.84 Å². The van der Waals surface area contributed by atoms with Crippen molar-refractivity contribution >= 4 is 0 Å². The van der Waals surface area contributed by atoms with Crippen LogP contribution in [0.2, 0.25) is 0 Å². The minimum absolute atomic E-state index is 0.0606. The summed E-state index contributed by atoms with van der Waals surface area (Å²) in [4.78, 5) is 6.34. The zero-order valence-electron chi connectivity index (χ0n) is 14.0. The second-order valence-corrected chi connectivity index (χ2v) is 7.01. The standard InChI is InChI=1S/C18H31NO/c1-7-13(3)20-19-17-12-10-9-11-15(17)14(4)16(8-2)18(19,5)6/h9-10,12-16H,7-8,11H2,1-6H3. The number of rotatable bonds is 4. The van der Waals surface area contributed by atoms with Gasteiger partial charge in [0.1, 0.15) is 0 Å². The Kier molecular flexibility index (Phi) is 4.63. The smallest absolute Gasteiger partial charge is 0.0826 e. The molecule has 1 aliphatic heterocycles. The van der Waals surface area contributed by atoms with Crippen LogP contribution >= 0.6 is 0 Å². The molecule has 1 saturated heterocycles. The molecule has 20 heavy (non-hydrogen) atoms. The van der Waals surface area contributed by atoms with Crippen molar-refractivity contribution in [2.75, 3.05) is 0 Å². The lowest BCUT2D eigenvalue weighted by atomic mass is 9.65. The number of hydrogen-bond acceptors (Lipinski definition) is 2. The Morgan fingerprint density at radius 2 is 2.10 bits per heavy atom. The summed E-state index contributed by atoms with van der Waals surface area (Å²) in [6.45, 7) is 13.8. The highest BCUT2D eigenvalue weighted by molar-refractivity contribution is 5.24. The molecule has 4 atom stereocenters. The van der Waals surface area contributed by atoms with Crippen LogP contribution in [0.4, 0.5) is 0 Å². The molecule has 2 rings (SSSR count). The van der Waals surface area contributed by atoms with E-state index in [1.807, 2.05) is 0 Å². The van der Waals surface area contributed by atoms with Crippen molar-refractivity contribution in [1.82, 2.24) is 5.06 Å². The predicted octanol–water partition coefficient (Wildman–Crippen LogP) is 4.93. The van der Waals surface area contributed by atoms with Gasteiger partial charge >= 0.3 is 0 Å². The van der Waals surface area contributed by atoms with Crippen LogP contribution in [-0.2, 0) is 4.84 Å². The molecule has 2 nitrogen and oxygen atoms in total. The first kappa shape index (κ1) is 15.6. The normalized spacial score (nSPS) is 33.6. The average Bonchev–Trinajstić information content (AvgIpc) is 2.43. The summed E-state index contributed by atoms with van der Waals surface area (Å²) in [6.07, 6.45) is 10.4. The van der Waals surface area contributed by atoms with E-state index in [0.717, 1.165) is 12.8 Å². The second-order valence-electron chi connectivity index (χ2n) is 7.01. The number of nitrogens with zero attached hydrogens (tertiary/aromatic N) is 1. The Morgan fingerprint density at radius 3 is 2.70 bits per heavy atom. The lowest BCUT2D eigenvalue weighted by molar-refractivity contribution is -0.257. The summed E-state index contributed by atoms with van der Waals surface area (Å²) in [6, 6.07) is 0. The van der Waals surface area contributed by atoms with Crippen molar-refractivity contribution in [3.8, 4) is 0 Å². The van der Waals surface area contributed by atoms with Crippen molar-refractivity contribution in [1.29, 1.82) is 0 Å². The first-order chi connectivity index (χ1) is 9.43. The van der Waals surface area contributed by atoms with Gasteiger partial charge in [0.15, 0.2) is 0 Å². The first-order valence-electron chi connectivity index (χ1n) is 8.27. The van der Waals surface area contributed by atoms with Crippen LogP contribution < -0.4 is 0 Å². The SMILES string of the molecule is CCC(C)ON1C2=CC=CCC2C(C)C(CC)C1(C)C. The molecule has 0 amide bonds. The van der Waals surface area contributed by atoms with E-state index in [1.54, 1.807) is 0 Å². The zero-order valence-corrected chi connectivity index (χ0v) is 14.0. The van der Waals surface area contributed by atoms with Crippen LogP contribution in [0.3, 0.4) is 0 Å². The molecule has 0 saturated carbocycles. The fraction of sp³-hybridized carbons (Fsp3) is 0.778. The Balaban J connectivity index is 2.37. The fourth-order valence-corrected chi connectivity index (χ4v) is 4.07. The quantitative estimate of drug-likeness (QED) is 0.722.